The minimum atomic E-state index is -0.448. The molecule has 0 bridgehead atoms. The van der Waals surface area contributed by atoms with Crippen molar-refractivity contribution in [2.45, 2.75) is 59.4 Å². The summed E-state index contributed by atoms with van der Waals surface area (Å²) in [7, 11) is 1.36. The van der Waals surface area contributed by atoms with E-state index in [2.05, 4.69) is 27.7 Å². The minimum absolute atomic E-state index is 0.0732. The molecule has 1 amide bonds. The van der Waals surface area contributed by atoms with Gasteiger partial charge in [0.1, 0.15) is 5.76 Å². The smallest absolute Gasteiger partial charge is 0.410 e. The number of Topliss-reactive ketones (excluding diaryl/α,β-unsaturated/α-hetero) is 1. The van der Waals surface area contributed by atoms with Crippen molar-refractivity contribution in [3.05, 3.63) is 22.5 Å². The maximum absolute atomic E-state index is 12.4. The van der Waals surface area contributed by atoms with Gasteiger partial charge in [0.15, 0.2) is 5.78 Å². The number of aliphatic hydroxyl groups excluding tert-OH is 1. The molecule has 134 valence electrons. The van der Waals surface area contributed by atoms with Crippen molar-refractivity contribution in [1.29, 1.82) is 0 Å². The van der Waals surface area contributed by atoms with Crippen LogP contribution in [0, 0.1) is 11.8 Å². The van der Waals surface area contributed by atoms with Gasteiger partial charge in [-0.25, -0.2) is 4.79 Å². The highest BCUT2D eigenvalue weighted by atomic mass is 16.5. The molecule has 0 aromatic heterocycles. The van der Waals surface area contributed by atoms with Gasteiger partial charge in [0.2, 0.25) is 0 Å². The van der Waals surface area contributed by atoms with E-state index in [9.17, 15) is 14.7 Å². The number of ketones is 1. The molecule has 2 atom stereocenters. The van der Waals surface area contributed by atoms with Crippen molar-refractivity contribution < 1.29 is 19.4 Å². The Balaban J connectivity index is 2.33. The Labute approximate surface area is 144 Å². The molecule has 2 aliphatic carbocycles. The summed E-state index contributed by atoms with van der Waals surface area (Å²) in [5, 5.41) is 9.99. The summed E-state index contributed by atoms with van der Waals surface area (Å²) in [6.07, 6.45) is 2.15. The van der Waals surface area contributed by atoms with Gasteiger partial charge < -0.3 is 9.84 Å². The first-order valence-corrected chi connectivity index (χ1v) is 8.71. The predicted molar refractivity (Wildman–Crippen MR) is 92.7 cm³/mol. The van der Waals surface area contributed by atoms with Crippen LogP contribution in [0.3, 0.4) is 0 Å². The van der Waals surface area contributed by atoms with Gasteiger partial charge in [0.05, 0.1) is 25.3 Å². The van der Waals surface area contributed by atoms with Gasteiger partial charge >= 0.3 is 6.09 Å². The van der Waals surface area contributed by atoms with Crippen LogP contribution in [0.2, 0.25) is 0 Å². The number of hydrogen-bond acceptors (Lipinski definition) is 4. The van der Waals surface area contributed by atoms with Crippen molar-refractivity contribution in [2.24, 2.45) is 11.8 Å². The molecule has 2 aliphatic rings. The first-order chi connectivity index (χ1) is 11.3. The van der Waals surface area contributed by atoms with Crippen LogP contribution in [-0.4, -0.2) is 41.6 Å². The van der Waals surface area contributed by atoms with Crippen LogP contribution in [0.5, 0.6) is 0 Å². The van der Waals surface area contributed by atoms with E-state index in [0.717, 1.165) is 12.8 Å². The van der Waals surface area contributed by atoms with Crippen LogP contribution in [0.15, 0.2) is 22.5 Å². The molecule has 0 aromatic carbocycles. The molecule has 5 heteroatoms. The molecular formula is C19H29NO4. The molecule has 0 saturated carbocycles. The Morgan fingerprint density at radius 3 is 2.50 bits per heavy atom. The summed E-state index contributed by atoms with van der Waals surface area (Å²) in [6.45, 7) is 8.69. The summed E-state index contributed by atoms with van der Waals surface area (Å²) in [5.41, 5.74) is 2.83. The quantitative estimate of drug-likeness (QED) is 0.789. The Bertz CT molecular complexity index is 588. The van der Waals surface area contributed by atoms with E-state index in [4.69, 9.17) is 4.74 Å². The van der Waals surface area contributed by atoms with Gasteiger partial charge in [0.25, 0.3) is 0 Å². The van der Waals surface area contributed by atoms with E-state index in [1.54, 1.807) is 4.90 Å². The highest BCUT2D eigenvalue weighted by Gasteiger charge is 2.36. The lowest BCUT2D eigenvalue weighted by Gasteiger charge is -2.39. The number of rotatable bonds is 4. The summed E-state index contributed by atoms with van der Waals surface area (Å²) in [6, 6.07) is -0.0905. The van der Waals surface area contributed by atoms with Crippen LogP contribution < -0.4 is 0 Å². The van der Waals surface area contributed by atoms with Crippen LogP contribution in [0.4, 0.5) is 4.79 Å². The standard InChI is InChI=1S/C19H29NO4/c1-11(2)14-8-12(3)13(4)16(9-14)20(19(23)24-5)10-15-17(21)6-7-18(15)22/h11,14,16,21H,6-10H2,1-5H3/t14-,16-/m1/s1. The highest BCUT2D eigenvalue weighted by Crippen LogP contribution is 2.37. The number of methoxy groups -OCH3 is 1. The Morgan fingerprint density at radius 2 is 2.00 bits per heavy atom. The second kappa shape index (κ2) is 7.41. The average Bonchev–Trinajstić information content (AvgIpc) is 2.85. The lowest BCUT2D eigenvalue weighted by atomic mass is 9.76. The molecule has 5 nitrogen and oxygen atoms in total. The molecule has 0 aliphatic heterocycles. The zero-order chi connectivity index (χ0) is 18.0. The Kier molecular flexibility index (Phi) is 5.73. The third-order valence-electron chi connectivity index (χ3n) is 5.60. The van der Waals surface area contributed by atoms with Gasteiger partial charge in [-0.1, -0.05) is 25.0 Å². The molecule has 0 saturated heterocycles. The second-order valence-electron chi connectivity index (χ2n) is 7.37. The minimum Gasteiger partial charge on any atom is -0.512 e. The molecule has 0 radical (unpaired) electrons. The van der Waals surface area contributed by atoms with Crippen molar-refractivity contribution in [3.8, 4) is 0 Å². The fraction of sp³-hybridized carbons (Fsp3) is 0.684. The number of aliphatic hydroxyl groups is 1. The number of allylic oxidation sites excluding steroid dienone is 2. The largest absolute Gasteiger partial charge is 0.512 e. The lowest BCUT2D eigenvalue weighted by molar-refractivity contribution is -0.115. The average molecular weight is 335 g/mol. The fourth-order valence-corrected chi connectivity index (χ4v) is 3.72. The fourth-order valence-electron chi connectivity index (χ4n) is 3.72. The first-order valence-electron chi connectivity index (χ1n) is 8.71. The van der Waals surface area contributed by atoms with E-state index in [1.165, 1.54) is 18.3 Å². The van der Waals surface area contributed by atoms with E-state index < -0.39 is 6.09 Å². The van der Waals surface area contributed by atoms with Crippen LogP contribution in [0.25, 0.3) is 0 Å². The molecule has 2 rings (SSSR count). The lowest BCUT2D eigenvalue weighted by Crippen LogP contribution is -2.46. The van der Waals surface area contributed by atoms with Gasteiger partial charge in [-0.05, 0) is 38.5 Å². The Hall–Kier alpha value is -1.78. The van der Waals surface area contributed by atoms with Crippen LogP contribution >= 0.6 is 0 Å². The predicted octanol–water partition coefficient (Wildman–Crippen LogP) is 4.00. The van der Waals surface area contributed by atoms with Gasteiger partial charge in [0, 0.05) is 12.8 Å². The summed E-state index contributed by atoms with van der Waals surface area (Å²) < 4.78 is 4.97. The summed E-state index contributed by atoms with van der Waals surface area (Å²) >= 11 is 0. The van der Waals surface area contributed by atoms with Gasteiger partial charge in [-0.15, -0.1) is 0 Å². The zero-order valence-corrected chi connectivity index (χ0v) is 15.4. The number of hydrogen-bond donors (Lipinski definition) is 1. The zero-order valence-electron chi connectivity index (χ0n) is 15.4. The molecule has 24 heavy (non-hydrogen) atoms. The van der Waals surface area contributed by atoms with Crippen LogP contribution in [0.1, 0.15) is 53.4 Å². The monoisotopic (exact) mass is 335 g/mol. The number of nitrogens with zero attached hydrogens (tertiary/aromatic N) is 1. The number of amides is 1. The highest BCUT2D eigenvalue weighted by molar-refractivity contribution is 5.99. The molecule has 0 unspecified atom stereocenters. The van der Waals surface area contributed by atoms with E-state index in [1.807, 2.05) is 0 Å². The second-order valence-corrected chi connectivity index (χ2v) is 7.37. The molecule has 0 fully saturated rings. The van der Waals surface area contributed by atoms with Crippen molar-refractivity contribution in [3.63, 3.8) is 0 Å². The summed E-state index contributed by atoms with van der Waals surface area (Å²) in [4.78, 5) is 26.0. The maximum atomic E-state index is 12.4. The number of ether oxygens (including phenoxy) is 1. The molecule has 0 spiro atoms. The topological polar surface area (TPSA) is 66.8 Å². The van der Waals surface area contributed by atoms with Crippen molar-refractivity contribution in [2.75, 3.05) is 13.7 Å². The first kappa shape index (κ1) is 18.6. The summed E-state index contributed by atoms with van der Waals surface area (Å²) in [5.74, 6) is 1.06. The molecular weight excluding hydrogens is 306 g/mol. The molecule has 1 N–H and O–H groups in total. The van der Waals surface area contributed by atoms with E-state index >= 15 is 0 Å². The van der Waals surface area contributed by atoms with Crippen molar-refractivity contribution in [1.82, 2.24) is 4.90 Å². The third-order valence-corrected chi connectivity index (χ3v) is 5.60. The third kappa shape index (κ3) is 3.65. The molecule has 0 heterocycles. The van der Waals surface area contributed by atoms with Gasteiger partial charge in [-0.2, -0.15) is 0 Å². The van der Waals surface area contributed by atoms with Gasteiger partial charge in [-0.3, -0.25) is 9.69 Å². The van der Waals surface area contributed by atoms with E-state index in [-0.39, 0.29) is 24.1 Å². The molecule has 0 aromatic rings. The Morgan fingerprint density at radius 1 is 1.33 bits per heavy atom. The number of carbonyl (C=O) groups is 2. The van der Waals surface area contributed by atoms with E-state index in [0.29, 0.717) is 30.3 Å². The maximum Gasteiger partial charge on any atom is 0.410 e. The van der Waals surface area contributed by atoms with Crippen molar-refractivity contribution >= 4 is 11.9 Å². The van der Waals surface area contributed by atoms with Crippen LogP contribution in [-0.2, 0) is 9.53 Å². The number of carbonyl (C=O) groups excluding carboxylic acids is 2. The normalized spacial score (nSPS) is 24.8. The SMILES string of the molecule is COC(=O)N(CC1=C(O)CCC1=O)[C@@H]1C[C@H](C(C)C)CC(C)=C1C.